The van der Waals surface area contributed by atoms with Gasteiger partial charge in [-0.2, -0.15) is 9.78 Å². The Morgan fingerprint density at radius 1 is 1.08 bits per heavy atom. The molecule has 4 aromatic rings. The van der Waals surface area contributed by atoms with E-state index in [1.165, 1.54) is 24.2 Å². The van der Waals surface area contributed by atoms with Gasteiger partial charge in [0.25, 0.3) is 0 Å². The van der Waals surface area contributed by atoms with E-state index in [1.807, 2.05) is 18.7 Å². The molecule has 2 N–H and O–H groups in total. The molecule has 2 aromatic heterocycles. The lowest BCUT2D eigenvalue weighted by Crippen LogP contribution is -2.43. The van der Waals surface area contributed by atoms with Crippen molar-refractivity contribution in [2.75, 3.05) is 25.5 Å². The Morgan fingerprint density at radius 2 is 1.88 bits per heavy atom. The van der Waals surface area contributed by atoms with Gasteiger partial charge in [-0.1, -0.05) is 49.2 Å². The average molecular weight is 693 g/mol. The van der Waals surface area contributed by atoms with Gasteiger partial charge < -0.3 is 15.0 Å². The number of nitrogens with one attached hydrogen (secondary N) is 2. The standard InChI is InChI=1S/C33H35Cl2N9O4/c1-20(2)32(46)43-14-4-5-21(18-43)15-27(38-30(45)13-8-23-16-24(34)9-12-29(23)44-19-36-41-42-44)28-17-26(31(35)40-39-28)22-6-10-25(11-7-22)37-33(47)48-3/h6-13,16-17,19-21,27H,4-5,14-15,18H2,1-3H3,(H,37,47)(H,38,45)/b13-8+/t21?,27-/m0/s1. The van der Waals surface area contributed by atoms with Gasteiger partial charge in [-0.25, -0.2) is 4.79 Å². The Bertz CT molecular complexity index is 1780. The van der Waals surface area contributed by atoms with Crippen LogP contribution in [0.1, 0.15) is 50.4 Å². The molecule has 48 heavy (non-hydrogen) atoms. The lowest BCUT2D eigenvalue weighted by molar-refractivity contribution is -0.136. The molecule has 1 saturated heterocycles. The van der Waals surface area contributed by atoms with Gasteiger partial charge in [0, 0.05) is 46.9 Å². The molecule has 2 atom stereocenters. The van der Waals surface area contributed by atoms with Crippen LogP contribution >= 0.6 is 23.2 Å². The number of rotatable bonds is 10. The van der Waals surface area contributed by atoms with Gasteiger partial charge in [0.2, 0.25) is 11.8 Å². The summed E-state index contributed by atoms with van der Waals surface area (Å²) >= 11 is 12.8. The highest BCUT2D eigenvalue weighted by Gasteiger charge is 2.29. The molecule has 5 rings (SSSR count). The number of methoxy groups -OCH3 is 1. The third kappa shape index (κ3) is 8.72. The molecule has 1 aliphatic rings. The van der Waals surface area contributed by atoms with E-state index in [2.05, 4.69) is 41.1 Å². The van der Waals surface area contributed by atoms with Gasteiger partial charge in [0.15, 0.2) is 5.15 Å². The zero-order chi connectivity index (χ0) is 34.2. The van der Waals surface area contributed by atoms with Gasteiger partial charge in [0.1, 0.15) is 6.33 Å². The summed E-state index contributed by atoms with van der Waals surface area (Å²) in [6, 6.07) is 13.4. The molecule has 250 valence electrons. The molecule has 1 aliphatic heterocycles. The van der Waals surface area contributed by atoms with E-state index in [0.717, 1.165) is 18.4 Å². The number of carbonyl (C=O) groups is 3. The van der Waals surface area contributed by atoms with E-state index in [4.69, 9.17) is 23.2 Å². The van der Waals surface area contributed by atoms with Crippen molar-refractivity contribution >= 4 is 52.9 Å². The second-order valence-corrected chi connectivity index (χ2v) is 12.5. The number of tetrazole rings is 1. The van der Waals surface area contributed by atoms with Crippen molar-refractivity contribution in [1.29, 1.82) is 0 Å². The first kappa shape index (κ1) is 34.5. The van der Waals surface area contributed by atoms with Gasteiger partial charge in [-0.05, 0) is 83.6 Å². The topological polar surface area (TPSA) is 157 Å². The smallest absolute Gasteiger partial charge is 0.411 e. The zero-order valence-electron chi connectivity index (χ0n) is 26.6. The van der Waals surface area contributed by atoms with Crippen LogP contribution in [0.5, 0.6) is 0 Å². The lowest BCUT2D eigenvalue weighted by Gasteiger charge is -2.35. The summed E-state index contributed by atoms with van der Waals surface area (Å²) < 4.78 is 6.14. The van der Waals surface area contributed by atoms with Crippen molar-refractivity contribution < 1.29 is 19.1 Å². The fraction of sp³-hybridized carbons (Fsp3) is 0.333. The molecule has 1 unspecified atom stereocenters. The maximum Gasteiger partial charge on any atom is 0.411 e. The molecule has 0 spiro atoms. The van der Waals surface area contributed by atoms with Crippen molar-refractivity contribution in [3.05, 3.63) is 82.4 Å². The second-order valence-electron chi connectivity index (χ2n) is 11.7. The Labute approximate surface area is 287 Å². The number of aromatic nitrogens is 6. The number of benzene rings is 2. The number of carbonyl (C=O) groups excluding carboxylic acids is 3. The molecular formula is C33H35Cl2N9O4. The number of hydrogen-bond donors (Lipinski definition) is 2. The van der Waals surface area contributed by atoms with Crippen LogP contribution in [0.15, 0.2) is 60.9 Å². The number of anilines is 1. The molecule has 0 radical (unpaired) electrons. The molecule has 2 aromatic carbocycles. The molecule has 3 heterocycles. The van der Waals surface area contributed by atoms with Crippen molar-refractivity contribution in [2.24, 2.45) is 11.8 Å². The normalized spacial score (nSPS) is 15.4. The number of nitrogens with zero attached hydrogens (tertiary/aromatic N) is 7. The summed E-state index contributed by atoms with van der Waals surface area (Å²) in [5.41, 5.74) is 3.67. The number of ether oxygens (including phenoxy) is 1. The zero-order valence-corrected chi connectivity index (χ0v) is 28.1. The first-order valence-corrected chi connectivity index (χ1v) is 16.2. The second kappa shape index (κ2) is 15.8. The van der Waals surface area contributed by atoms with Crippen molar-refractivity contribution in [3.63, 3.8) is 0 Å². The number of likely N-dealkylation sites (tertiary alicyclic amines) is 1. The SMILES string of the molecule is COC(=O)Nc1ccc(-c2cc([C@H](CC3CCCN(C(=O)C(C)C)C3)NC(=O)/C=C/c3cc(Cl)ccc3-n3cnnn3)nnc2Cl)cc1. The lowest BCUT2D eigenvalue weighted by atomic mass is 9.89. The van der Waals surface area contributed by atoms with Crippen molar-refractivity contribution in [2.45, 2.75) is 39.2 Å². The molecule has 0 saturated carbocycles. The maximum atomic E-state index is 13.5. The minimum absolute atomic E-state index is 0.104. The maximum absolute atomic E-state index is 13.5. The predicted molar refractivity (Wildman–Crippen MR) is 181 cm³/mol. The van der Waals surface area contributed by atoms with E-state index in [0.29, 0.717) is 52.7 Å². The summed E-state index contributed by atoms with van der Waals surface area (Å²) in [6.45, 7) is 5.09. The van der Waals surface area contributed by atoms with Gasteiger partial charge in [-0.15, -0.1) is 10.2 Å². The molecule has 15 heteroatoms. The highest BCUT2D eigenvalue weighted by molar-refractivity contribution is 6.32. The third-order valence-corrected chi connectivity index (χ3v) is 8.48. The first-order valence-electron chi connectivity index (χ1n) is 15.4. The van der Waals surface area contributed by atoms with E-state index in [-0.39, 0.29) is 28.8 Å². The molecule has 0 aliphatic carbocycles. The Hall–Kier alpha value is -4.88. The van der Waals surface area contributed by atoms with Crippen molar-refractivity contribution in [3.8, 4) is 16.8 Å². The monoisotopic (exact) mass is 691 g/mol. The number of halogens is 2. The quantitative estimate of drug-likeness (QED) is 0.197. The highest BCUT2D eigenvalue weighted by Crippen LogP contribution is 2.32. The van der Waals surface area contributed by atoms with Crippen LogP contribution in [-0.2, 0) is 14.3 Å². The highest BCUT2D eigenvalue weighted by atomic mass is 35.5. The van der Waals surface area contributed by atoms with E-state index < -0.39 is 12.1 Å². The van der Waals surface area contributed by atoms with Crippen LogP contribution in [-0.4, -0.2) is 73.4 Å². The van der Waals surface area contributed by atoms with Crippen LogP contribution in [0, 0.1) is 11.8 Å². The molecule has 3 amide bonds. The fourth-order valence-electron chi connectivity index (χ4n) is 5.60. The van der Waals surface area contributed by atoms with Crippen LogP contribution in [0.4, 0.5) is 10.5 Å². The summed E-state index contributed by atoms with van der Waals surface area (Å²) in [4.78, 5) is 39.8. The summed E-state index contributed by atoms with van der Waals surface area (Å²) in [5.74, 6) is -0.250. The minimum atomic E-state index is -0.584. The molecular weight excluding hydrogens is 657 g/mol. The Morgan fingerprint density at radius 3 is 2.58 bits per heavy atom. The Kier molecular flexibility index (Phi) is 11.3. The summed E-state index contributed by atoms with van der Waals surface area (Å²) in [5, 5.41) is 26.3. The molecule has 0 bridgehead atoms. The summed E-state index contributed by atoms with van der Waals surface area (Å²) in [7, 11) is 1.29. The molecule has 1 fully saturated rings. The number of piperidine rings is 1. The number of amides is 3. The largest absolute Gasteiger partial charge is 0.453 e. The fourth-order valence-corrected chi connectivity index (χ4v) is 5.98. The van der Waals surface area contributed by atoms with E-state index >= 15 is 0 Å². The van der Waals surface area contributed by atoms with Gasteiger partial charge in [0.05, 0.1) is 24.5 Å². The van der Waals surface area contributed by atoms with Crippen LogP contribution < -0.4 is 10.6 Å². The van der Waals surface area contributed by atoms with Crippen LogP contribution in [0.25, 0.3) is 22.9 Å². The van der Waals surface area contributed by atoms with E-state index in [9.17, 15) is 14.4 Å². The third-order valence-electron chi connectivity index (χ3n) is 7.96. The van der Waals surface area contributed by atoms with Crippen LogP contribution in [0.3, 0.4) is 0 Å². The van der Waals surface area contributed by atoms with Crippen molar-refractivity contribution in [1.82, 2.24) is 40.6 Å². The average Bonchev–Trinajstić information content (AvgIpc) is 3.62. The van der Waals surface area contributed by atoms with Crippen LogP contribution in [0.2, 0.25) is 10.2 Å². The Balaban J connectivity index is 1.42. The minimum Gasteiger partial charge on any atom is -0.453 e. The summed E-state index contributed by atoms with van der Waals surface area (Å²) in [6.07, 6.45) is 6.20. The molecule has 13 nitrogen and oxygen atoms in total. The van der Waals surface area contributed by atoms with Gasteiger partial charge in [-0.3, -0.25) is 14.9 Å². The predicted octanol–water partition coefficient (Wildman–Crippen LogP) is 5.76. The number of hydrogen-bond acceptors (Lipinski definition) is 9. The van der Waals surface area contributed by atoms with E-state index in [1.54, 1.807) is 54.6 Å². The van der Waals surface area contributed by atoms with Gasteiger partial charge >= 0.3 is 6.09 Å². The first-order chi connectivity index (χ1) is 23.1.